The number of hydrogen-bond acceptors (Lipinski definition) is 5. The first-order chi connectivity index (χ1) is 11.9. The smallest absolute Gasteiger partial charge is 0.274 e. The Balaban J connectivity index is 2.21. The molecule has 6 nitrogen and oxygen atoms in total. The van der Waals surface area contributed by atoms with E-state index >= 15 is 0 Å². The van der Waals surface area contributed by atoms with Crippen LogP contribution in [0.2, 0.25) is 0 Å². The number of benzene rings is 1. The summed E-state index contributed by atoms with van der Waals surface area (Å²) >= 11 is 1.27. The van der Waals surface area contributed by atoms with Gasteiger partial charge in [-0.05, 0) is 43.5 Å². The number of aliphatic imine (C=N–C) groups is 1. The van der Waals surface area contributed by atoms with Crippen molar-refractivity contribution in [3.05, 3.63) is 59.2 Å². The third kappa shape index (κ3) is 4.78. The standard InChI is InChI=1S/C17H16FN5OS/c1-10(22-17(20)25-2)13-7-12(4-5-14(13)18)23-16(24)15-6-3-11(8-19)9-21-15/h3-7,9-10H,1-2H3,(H2,20,22)(H,23,24). The Labute approximate surface area is 149 Å². The number of nitrogens with one attached hydrogen (secondary N) is 1. The topological polar surface area (TPSA) is 104 Å². The molecule has 0 spiro atoms. The summed E-state index contributed by atoms with van der Waals surface area (Å²) in [5.41, 5.74) is 6.92. The zero-order valence-electron chi connectivity index (χ0n) is 13.7. The summed E-state index contributed by atoms with van der Waals surface area (Å²) in [7, 11) is 0. The fourth-order valence-corrected chi connectivity index (χ4v) is 2.31. The summed E-state index contributed by atoms with van der Waals surface area (Å²) in [6.45, 7) is 1.72. The molecule has 0 aliphatic carbocycles. The number of nitrogens with zero attached hydrogens (tertiary/aromatic N) is 3. The third-order valence-corrected chi connectivity index (χ3v) is 3.88. The number of aromatic nitrogens is 1. The number of amidine groups is 1. The zero-order valence-corrected chi connectivity index (χ0v) is 14.5. The SMILES string of the molecule is CSC(N)=NC(C)c1cc(NC(=O)c2ccc(C#N)cn2)ccc1F. The summed E-state index contributed by atoms with van der Waals surface area (Å²) in [6, 6.07) is 8.62. The Morgan fingerprint density at radius 2 is 2.20 bits per heavy atom. The fraction of sp³-hybridized carbons (Fsp3) is 0.176. The summed E-state index contributed by atoms with van der Waals surface area (Å²) in [6.07, 6.45) is 3.09. The number of rotatable bonds is 4. The normalized spacial score (nSPS) is 12.3. The van der Waals surface area contributed by atoms with E-state index in [0.29, 0.717) is 22.0 Å². The molecule has 2 aromatic rings. The van der Waals surface area contributed by atoms with E-state index in [9.17, 15) is 9.18 Å². The van der Waals surface area contributed by atoms with E-state index in [1.807, 2.05) is 6.07 Å². The van der Waals surface area contributed by atoms with Gasteiger partial charge in [0.05, 0.1) is 11.6 Å². The average Bonchev–Trinajstić information content (AvgIpc) is 2.63. The molecule has 0 aliphatic heterocycles. The highest BCUT2D eigenvalue weighted by atomic mass is 32.2. The molecule has 128 valence electrons. The minimum Gasteiger partial charge on any atom is -0.379 e. The van der Waals surface area contributed by atoms with Crippen LogP contribution in [0.15, 0.2) is 41.5 Å². The second-order valence-corrected chi connectivity index (χ2v) is 5.91. The van der Waals surface area contributed by atoms with E-state index in [0.717, 1.165) is 0 Å². The van der Waals surface area contributed by atoms with E-state index < -0.39 is 17.8 Å². The molecule has 0 saturated heterocycles. The Bertz CT molecular complexity index is 845. The molecule has 1 aromatic carbocycles. The second kappa shape index (κ2) is 8.26. The second-order valence-electron chi connectivity index (χ2n) is 5.08. The van der Waals surface area contributed by atoms with Gasteiger partial charge in [-0.2, -0.15) is 5.26 Å². The molecule has 3 N–H and O–H groups in total. The first-order valence-electron chi connectivity index (χ1n) is 7.28. The number of nitriles is 1. The Kier molecular flexibility index (Phi) is 6.08. The molecule has 25 heavy (non-hydrogen) atoms. The summed E-state index contributed by atoms with van der Waals surface area (Å²) in [4.78, 5) is 20.3. The van der Waals surface area contributed by atoms with Gasteiger partial charge in [0, 0.05) is 17.4 Å². The van der Waals surface area contributed by atoms with Gasteiger partial charge in [0.25, 0.3) is 5.91 Å². The van der Waals surface area contributed by atoms with Gasteiger partial charge in [-0.15, -0.1) is 0 Å². The largest absolute Gasteiger partial charge is 0.379 e. The van der Waals surface area contributed by atoms with Gasteiger partial charge in [0.1, 0.15) is 17.6 Å². The van der Waals surface area contributed by atoms with Crippen molar-refractivity contribution in [2.45, 2.75) is 13.0 Å². The molecule has 0 saturated carbocycles. The van der Waals surface area contributed by atoms with Crippen molar-refractivity contribution in [1.29, 1.82) is 5.26 Å². The number of anilines is 1. The Hall–Kier alpha value is -2.92. The molecule has 0 radical (unpaired) electrons. The van der Waals surface area contributed by atoms with Gasteiger partial charge in [-0.3, -0.25) is 9.79 Å². The molecule has 1 amide bonds. The highest BCUT2D eigenvalue weighted by Crippen LogP contribution is 2.24. The van der Waals surface area contributed by atoms with Crippen molar-refractivity contribution in [3.8, 4) is 6.07 Å². The van der Waals surface area contributed by atoms with Crippen molar-refractivity contribution in [2.24, 2.45) is 10.7 Å². The molecule has 1 atom stereocenters. The number of amides is 1. The molecule has 8 heteroatoms. The van der Waals surface area contributed by atoms with Crippen molar-refractivity contribution in [3.63, 3.8) is 0 Å². The molecule has 2 rings (SSSR count). The summed E-state index contributed by atoms with van der Waals surface area (Å²) < 4.78 is 14.0. The Morgan fingerprint density at radius 3 is 2.80 bits per heavy atom. The van der Waals surface area contributed by atoms with Crippen LogP contribution < -0.4 is 11.1 Å². The number of nitrogens with two attached hydrogens (primary N) is 1. The predicted octanol–water partition coefficient (Wildman–Crippen LogP) is 3.08. The van der Waals surface area contributed by atoms with Gasteiger partial charge < -0.3 is 11.1 Å². The van der Waals surface area contributed by atoms with Crippen molar-refractivity contribution < 1.29 is 9.18 Å². The maximum atomic E-state index is 14.0. The maximum absolute atomic E-state index is 14.0. The number of thioether (sulfide) groups is 1. The monoisotopic (exact) mass is 357 g/mol. The molecule has 0 bridgehead atoms. The highest BCUT2D eigenvalue weighted by molar-refractivity contribution is 8.13. The number of pyridine rings is 1. The van der Waals surface area contributed by atoms with Gasteiger partial charge in [-0.25, -0.2) is 9.37 Å². The quantitative estimate of drug-likeness (QED) is 0.646. The van der Waals surface area contributed by atoms with Crippen molar-refractivity contribution >= 4 is 28.5 Å². The van der Waals surface area contributed by atoms with E-state index in [1.165, 1.54) is 48.3 Å². The van der Waals surface area contributed by atoms with Crippen LogP contribution in [0.5, 0.6) is 0 Å². The van der Waals surface area contributed by atoms with Crippen LogP contribution in [0.3, 0.4) is 0 Å². The number of carbonyl (C=O) groups is 1. The fourth-order valence-electron chi connectivity index (χ4n) is 2.04. The molecular weight excluding hydrogens is 341 g/mol. The number of halogens is 1. The van der Waals surface area contributed by atoms with E-state index in [2.05, 4.69) is 15.3 Å². The van der Waals surface area contributed by atoms with E-state index in [1.54, 1.807) is 13.2 Å². The molecule has 0 aliphatic rings. The van der Waals surface area contributed by atoms with Gasteiger partial charge >= 0.3 is 0 Å². The molecule has 1 aromatic heterocycles. The minimum absolute atomic E-state index is 0.155. The average molecular weight is 357 g/mol. The number of carbonyl (C=O) groups excluding carboxylic acids is 1. The first-order valence-corrected chi connectivity index (χ1v) is 8.51. The van der Waals surface area contributed by atoms with Crippen molar-refractivity contribution in [2.75, 3.05) is 11.6 Å². The van der Waals surface area contributed by atoms with E-state index in [-0.39, 0.29) is 5.69 Å². The first kappa shape index (κ1) is 18.4. The molecule has 1 heterocycles. The van der Waals surface area contributed by atoms with Crippen LogP contribution >= 0.6 is 11.8 Å². The molecular formula is C17H16FN5OS. The zero-order chi connectivity index (χ0) is 18.4. The van der Waals surface area contributed by atoms with Crippen LogP contribution in [0.25, 0.3) is 0 Å². The maximum Gasteiger partial charge on any atom is 0.274 e. The molecule has 0 fully saturated rings. The minimum atomic E-state index is -0.489. The number of hydrogen-bond donors (Lipinski definition) is 2. The lowest BCUT2D eigenvalue weighted by molar-refractivity contribution is 0.102. The van der Waals surface area contributed by atoms with Crippen LogP contribution in [-0.2, 0) is 0 Å². The van der Waals surface area contributed by atoms with Crippen LogP contribution in [-0.4, -0.2) is 22.3 Å². The lowest BCUT2D eigenvalue weighted by atomic mass is 10.1. The Morgan fingerprint density at radius 1 is 1.44 bits per heavy atom. The van der Waals surface area contributed by atoms with Gasteiger partial charge in [0.15, 0.2) is 5.17 Å². The van der Waals surface area contributed by atoms with Gasteiger partial charge in [-0.1, -0.05) is 11.8 Å². The van der Waals surface area contributed by atoms with Crippen LogP contribution in [0.4, 0.5) is 10.1 Å². The highest BCUT2D eigenvalue weighted by Gasteiger charge is 2.14. The van der Waals surface area contributed by atoms with Crippen LogP contribution in [0, 0.1) is 17.1 Å². The molecule has 1 unspecified atom stereocenters. The summed E-state index contributed by atoms with van der Waals surface area (Å²) in [5, 5.41) is 11.7. The van der Waals surface area contributed by atoms with Crippen molar-refractivity contribution in [1.82, 2.24) is 4.98 Å². The summed E-state index contributed by atoms with van der Waals surface area (Å²) in [5.74, 6) is -0.888. The van der Waals surface area contributed by atoms with Gasteiger partial charge in [0.2, 0.25) is 0 Å². The lowest BCUT2D eigenvalue weighted by Crippen LogP contribution is -2.14. The predicted molar refractivity (Wildman–Crippen MR) is 96.9 cm³/mol. The lowest BCUT2D eigenvalue weighted by Gasteiger charge is -2.12. The van der Waals surface area contributed by atoms with Crippen LogP contribution in [0.1, 0.15) is 34.6 Å². The third-order valence-electron chi connectivity index (χ3n) is 3.36. The van der Waals surface area contributed by atoms with E-state index in [4.69, 9.17) is 11.0 Å².